The Bertz CT molecular complexity index is 699. The van der Waals surface area contributed by atoms with Crippen LogP contribution in [-0.4, -0.2) is 44.1 Å². The summed E-state index contributed by atoms with van der Waals surface area (Å²) in [6.45, 7) is 5.48. The maximum atomic E-state index is 13.1. The van der Waals surface area contributed by atoms with Crippen molar-refractivity contribution < 1.29 is 9.18 Å². The molecule has 128 valence electrons. The Labute approximate surface area is 140 Å². The molecular formula is C17H22FN5O. The number of hydrogen-bond acceptors (Lipinski definition) is 4. The van der Waals surface area contributed by atoms with Gasteiger partial charge >= 0.3 is 0 Å². The second-order valence-corrected chi connectivity index (χ2v) is 6.55. The molecule has 0 radical (unpaired) electrons. The first-order valence-corrected chi connectivity index (χ1v) is 8.32. The lowest BCUT2D eigenvalue weighted by molar-refractivity contribution is -0.136. The van der Waals surface area contributed by atoms with Gasteiger partial charge < -0.3 is 4.90 Å². The fraction of sp³-hybridized carbons (Fsp3) is 0.529. The van der Waals surface area contributed by atoms with Gasteiger partial charge in [-0.2, -0.15) is 0 Å². The molecule has 24 heavy (non-hydrogen) atoms. The molecule has 0 saturated carbocycles. The van der Waals surface area contributed by atoms with Gasteiger partial charge in [0.05, 0.1) is 0 Å². The summed E-state index contributed by atoms with van der Waals surface area (Å²) >= 11 is 0. The Morgan fingerprint density at radius 2 is 2.12 bits per heavy atom. The lowest BCUT2D eigenvalue weighted by Gasteiger charge is -2.33. The molecule has 1 saturated heterocycles. The number of benzene rings is 1. The van der Waals surface area contributed by atoms with Gasteiger partial charge in [-0.1, -0.05) is 19.1 Å². The molecule has 2 atom stereocenters. The molecule has 1 aliphatic rings. The lowest BCUT2D eigenvalue weighted by atomic mass is 9.98. The van der Waals surface area contributed by atoms with Crippen molar-refractivity contribution in [3.8, 4) is 0 Å². The van der Waals surface area contributed by atoms with Crippen molar-refractivity contribution in [2.24, 2.45) is 5.92 Å². The predicted octanol–water partition coefficient (Wildman–Crippen LogP) is 2.16. The van der Waals surface area contributed by atoms with E-state index in [9.17, 15) is 9.18 Å². The summed E-state index contributed by atoms with van der Waals surface area (Å²) in [5, 5.41) is 11.6. The largest absolute Gasteiger partial charge is 0.341 e. The molecule has 0 bridgehead atoms. The summed E-state index contributed by atoms with van der Waals surface area (Å²) < 4.78 is 14.7. The van der Waals surface area contributed by atoms with Crippen LogP contribution in [0.1, 0.15) is 37.2 Å². The Balaban J connectivity index is 1.85. The van der Waals surface area contributed by atoms with Crippen molar-refractivity contribution in [1.82, 2.24) is 25.1 Å². The molecule has 1 amide bonds. The van der Waals surface area contributed by atoms with E-state index in [0.717, 1.165) is 31.5 Å². The van der Waals surface area contributed by atoms with Gasteiger partial charge in [0.15, 0.2) is 0 Å². The third-order valence-electron chi connectivity index (χ3n) is 4.55. The van der Waals surface area contributed by atoms with Crippen LogP contribution in [0.15, 0.2) is 24.3 Å². The maximum Gasteiger partial charge on any atom is 0.247 e. The number of likely N-dealkylation sites (tertiary alicyclic amines) is 1. The third-order valence-corrected chi connectivity index (χ3v) is 4.55. The second kappa shape index (κ2) is 7.07. The monoisotopic (exact) mass is 331 g/mol. The van der Waals surface area contributed by atoms with Crippen LogP contribution in [0.25, 0.3) is 0 Å². The number of amides is 1. The summed E-state index contributed by atoms with van der Waals surface area (Å²) in [5.41, 5.74) is 0.884. The van der Waals surface area contributed by atoms with E-state index >= 15 is 0 Å². The minimum atomic E-state index is -0.504. The maximum absolute atomic E-state index is 13.1. The van der Waals surface area contributed by atoms with Crippen molar-refractivity contribution in [3.63, 3.8) is 0 Å². The van der Waals surface area contributed by atoms with Crippen molar-refractivity contribution in [1.29, 1.82) is 0 Å². The number of hydrogen-bond donors (Lipinski definition) is 0. The summed E-state index contributed by atoms with van der Waals surface area (Å²) in [7, 11) is 0. The number of carbonyl (C=O) groups is 1. The van der Waals surface area contributed by atoms with Crippen LogP contribution in [0, 0.1) is 18.7 Å². The lowest BCUT2D eigenvalue weighted by Crippen LogP contribution is -2.44. The van der Waals surface area contributed by atoms with E-state index in [4.69, 9.17) is 0 Å². The average molecular weight is 331 g/mol. The van der Waals surface area contributed by atoms with Crippen LogP contribution in [0.5, 0.6) is 0 Å². The van der Waals surface area contributed by atoms with Gasteiger partial charge in [0, 0.05) is 19.5 Å². The summed E-state index contributed by atoms with van der Waals surface area (Å²) in [4.78, 5) is 15.0. The molecule has 0 spiro atoms. The van der Waals surface area contributed by atoms with Gasteiger partial charge in [0.25, 0.3) is 0 Å². The fourth-order valence-electron chi connectivity index (χ4n) is 3.25. The van der Waals surface area contributed by atoms with Crippen LogP contribution in [0.3, 0.4) is 0 Å². The number of rotatable bonds is 4. The second-order valence-electron chi connectivity index (χ2n) is 6.55. The third kappa shape index (κ3) is 3.60. The predicted molar refractivity (Wildman–Crippen MR) is 86.7 cm³/mol. The zero-order valence-electron chi connectivity index (χ0n) is 14.0. The van der Waals surface area contributed by atoms with Crippen LogP contribution in [0.4, 0.5) is 4.39 Å². The van der Waals surface area contributed by atoms with E-state index < -0.39 is 6.04 Å². The summed E-state index contributed by atoms with van der Waals surface area (Å²) in [6.07, 6.45) is 2.61. The number of piperidine rings is 1. The van der Waals surface area contributed by atoms with Gasteiger partial charge in [-0.15, -0.1) is 5.10 Å². The molecule has 7 heteroatoms. The van der Waals surface area contributed by atoms with Crippen LogP contribution < -0.4 is 0 Å². The van der Waals surface area contributed by atoms with E-state index in [0.29, 0.717) is 18.2 Å². The van der Waals surface area contributed by atoms with Gasteiger partial charge in [-0.25, -0.2) is 9.07 Å². The van der Waals surface area contributed by atoms with Gasteiger partial charge in [-0.05, 0) is 53.8 Å². The first kappa shape index (κ1) is 16.5. The molecule has 1 fully saturated rings. The average Bonchev–Trinajstić information content (AvgIpc) is 2.99. The highest BCUT2D eigenvalue weighted by molar-refractivity contribution is 5.80. The van der Waals surface area contributed by atoms with Crippen LogP contribution in [-0.2, 0) is 11.2 Å². The smallest absolute Gasteiger partial charge is 0.247 e. The quantitative estimate of drug-likeness (QED) is 0.861. The molecule has 0 aliphatic carbocycles. The summed E-state index contributed by atoms with van der Waals surface area (Å²) in [6, 6.07) is 5.72. The molecule has 2 heterocycles. The number of halogens is 1. The van der Waals surface area contributed by atoms with Gasteiger partial charge in [-0.3, -0.25) is 4.79 Å². The van der Waals surface area contributed by atoms with E-state index in [2.05, 4.69) is 22.4 Å². The zero-order chi connectivity index (χ0) is 17.1. The first-order valence-electron chi connectivity index (χ1n) is 8.32. The van der Waals surface area contributed by atoms with Crippen molar-refractivity contribution >= 4 is 5.91 Å². The number of nitrogens with zero attached hydrogens (tertiary/aromatic N) is 5. The van der Waals surface area contributed by atoms with Gasteiger partial charge in [0.2, 0.25) is 5.91 Å². The topological polar surface area (TPSA) is 63.9 Å². The normalized spacial score (nSPS) is 19.3. The van der Waals surface area contributed by atoms with Crippen molar-refractivity contribution in [3.05, 3.63) is 41.5 Å². The highest BCUT2D eigenvalue weighted by Gasteiger charge is 2.30. The van der Waals surface area contributed by atoms with Crippen LogP contribution in [0.2, 0.25) is 0 Å². The van der Waals surface area contributed by atoms with E-state index in [1.807, 2.05) is 4.90 Å². The fourth-order valence-corrected chi connectivity index (χ4v) is 3.25. The zero-order valence-corrected chi connectivity index (χ0v) is 14.0. The molecular weight excluding hydrogens is 309 g/mol. The number of aryl methyl sites for hydroxylation is 1. The number of tetrazole rings is 1. The molecule has 0 unspecified atom stereocenters. The molecule has 1 aliphatic heterocycles. The molecule has 0 N–H and O–H groups in total. The first-order chi connectivity index (χ1) is 11.5. The van der Waals surface area contributed by atoms with Crippen molar-refractivity contribution in [2.45, 2.75) is 39.2 Å². The summed E-state index contributed by atoms with van der Waals surface area (Å²) in [5.74, 6) is 0.844. The number of carbonyl (C=O) groups excluding carboxylic acids is 1. The Kier molecular flexibility index (Phi) is 4.87. The minimum absolute atomic E-state index is 0.0290. The molecule has 3 rings (SSSR count). The van der Waals surface area contributed by atoms with E-state index in [-0.39, 0.29) is 11.7 Å². The molecule has 1 aromatic carbocycles. The highest BCUT2D eigenvalue weighted by atomic mass is 19.1. The SMILES string of the molecule is Cc1nnnn1[C@@H](Cc1ccc(F)cc1)C(=O)N1CCC[C@@H](C)C1. The molecule has 2 aromatic rings. The van der Waals surface area contributed by atoms with Crippen molar-refractivity contribution in [2.75, 3.05) is 13.1 Å². The van der Waals surface area contributed by atoms with E-state index in [1.165, 1.54) is 12.1 Å². The molecule has 1 aromatic heterocycles. The van der Waals surface area contributed by atoms with E-state index in [1.54, 1.807) is 23.7 Å². The molecule has 6 nitrogen and oxygen atoms in total. The Morgan fingerprint density at radius 1 is 1.38 bits per heavy atom. The van der Waals surface area contributed by atoms with Crippen LogP contribution >= 0.6 is 0 Å². The standard InChI is InChI=1S/C17H22FN5O/c1-12-4-3-9-22(11-12)17(24)16(23-13(2)19-20-21-23)10-14-5-7-15(18)8-6-14/h5-8,12,16H,3-4,9-11H2,1-2H3/t12-,16+/m1/s1. The Hall–Kier alpha value is -2.31. The number of aromatic nitrogens is 4. The minimum Gasteiger partial charge on any atom is -0.341 e. The van der Waals surface area contributed by atoms with Gasteiger partial charge in [0.1, 0.15) is 17.7 Å². The Morgan fingerprint density at radius 3 is 2.75 bits per heavy atom. The highest BCUT2D eigenvalue weighted by Crippen LogP contribution is 2.22.